The molecule has 2 fully saturated rings. The van der Waals surface area contributed by atoms with Crippen LogP contribution >= 0.6 is 27.7 Å². The lowest BCUT2D eigenvalue weighted by atomic mass is 9.98. The van der Waals surface area contributed by atoms with E-state index in [2.05, 4.69) is 27.8 Å². The topological polar surface area (TPSA) is 20.3 Å². The molecule has 0 spiro atoms. The minimum atomic E-state index is 0.252. The van der Waals surface area contributed by atoms with Crippen LogP contribution in [0.3, 0.4) is 0 Å². The number of halogens is 1. The SMILES string of the molecule is CC1CCN(C(=O)C2CCCCS2)CC1Br. The first-order valence-electron chi connectivity index (χ1n) is 6.23. The van der Waals surface area contributed by atoms with Crippen LogP contribution in [0.1, 0.15) is 32.6 Å². The van der Waals surface area contributed by atoms with Gasteiger partial charge in [-0.15, -0.1) is 11.8 Å². The third-order valence-electron chi connectivity index (χ3n) is 3.63. The Hall–Kier alpha value is 0.300. The summed E-state index contributed by atoms with van der Waals surface area (Å²) in [5.41, 5.74) is 0. The molecule has 1 amide bonds. The predicted molar refractivity (Wildman–Crippen MR) is 73.2 cm³/mol. The Morgan fingerprint density at radius 3 is 2.81 bits per heavy atom. The number of alkyl halides is 1. The Bertz CT molecular complexity index is 255. The van der Waals surface area contributed by atoms with Crippen molar-refractivity contribution in [1.82, 2.24) is 4.90 Å². The van der Waals surface area contributed by atoms with Crippen LogP contribution in [-0.4, -0.2) is 39.7 Å². The number of amides is 1. The molecule has 2 rings (SSSR count). The van der Waals surface area contributed by atoms with Gasteiger partial charge in [-0.25, -0.2) is 0 Å². The molecule has 0 saturated carbocycles. The highest BCUT2D eigenvalue weighted by Crippen LogP contribution is 2.29. The van der Waals surface area contributed by atoms with E-state index in [0.29, 0.717) is 16.7 Å². The zero-order chi connectivity index (χ0) is 11.5. The quantitative estimate of drug-likeness (QED) is 0.694. The van der Waals surface area contributed by atoms with Crippen molar-refractivity contribution in [2.45, 2.75) is 42.7 Å². The van der Waals surface area contributed by atoms with Crippen LogP contribution in [-0.2, 0) is 4.79 Å². The standard InChI is InChI=1S/C12H20BrNOS/c1-9-5-6-14(8-10(9)13)12(15)11-4-2-3-7-16-11/h9-11H,2-8H2,1H3. The average molecular weight is 306 g/mol. The molecule has 0 radical (unpaired) electrons. The maximum absolute atomic E-state index is 12.3. The summed E-state index contributed by atoms with van der Waals surface area (Å²) in [6.07, 6.45) is 4.74. The van der Waals surface area contributed by atoms with Gasteiger partial charge in [0.25, 0.3) is 0 Å². The van der Waals surface area contributed by atoms with Crippen molar-refractivity contribution in [1.29, 1.82) is 0 Å². The predicted octanol–water partition coefficient (Wildman–Crippen LogP) is 2.90. The van der Waals surface area contributed by atoms with E-state index in [1.165, 1.54) is 18.6 Å². The van der Waals surface area contributed by atoms with Gasteiger partial charge in [0.1, 0.15) is 0 Å². The second kappa shape index (κ2) is 5.76. The molecule has 0 aromatic rings. The fourth-order valence-corrected chi connectivity index (χ4v) is 4.26. The van der Waals surface area contributed by atoms with Crippen LogP contribution in [0.4, 0.5) is 0 Å². The van der Waals surface area contributed by atoms with Gasteiger partial charge in [0.15, 0.2) is 0 Å². The van der Waals surface area contributed by atoms with E-state index in [9.17, 15) is 4.79 Å². The Balaban J connectivity index is 1.89. The van der Waals surface area contributed by atoms with Gasteiger partial charge in [0, 0.05) is 17.9 Å². The number of carbonyl (C=O) groups is 1. The van der Waals surface area contributed by atoms with E-state index < -0.39 is 0 Å². The summed E-state index contributed by atoms with van der Waals surface area (Å²) < 4.78 is 0. The minimum absolute atomic E-state index is 0.252. The van der Waals surface area contributed by atoms with Gasteiger partial charge in [-0.1, -0.05) is 29.3 Å². The third-order valence-corrected chi connectivity index (χ3v) is 6.19. The van der Waals surface area contributed by atoms with Gasteiger partial charge < -0.3 is 4.90 Å². The molecule has 0 bridgehead atoms. The van der Waals surface area contributed by atoms with Crippen LogP contribution in [0.15, 0.2) is 0 Å². The Morgan fingerprint density at radius 1 is 1.38 bits per heavy atom. The first kappa shape index (κ1) is 12.7. The third kappa shape index (κ3) is 2.95. The van der Waals surface area contributed by atoms with Crippen molar-refractivity contribution in [2.24, 2.45) is 5.92 Å². The van der Waals surface area contributed by atoms with Crippen LogP contribution in [0, 0.1) is 5.92 Å². The molecule has 0 aliphatic carbocycles. The lowest BCUT2D eigenvalue weighted by Crippen LogP contribution is -2.47. The van der Waals surface area contributed by atoms with Gasteiger partial charge in [0.2, 0.25) is 5.91 Å². The summed E-state index contributed by atoms with van der Waals surface area (Å²) in [4.78, 5) is 14.8. The number of piperidine rings is 1. The van der Waals surface area contributed by atoms with Crippen LogP contribution in [0.25, 0.3) is 0 Å². The number of thioether (sulfide) groups is 1. The Kier molecular flexibility index (Phi) is 4.59. The molecule has 3 atom stereocenters. The molecule has 2 saturated heterocycles. The fraction of sp³-hybridized carbons (Fsp3) is 0.917. The first-order chi connectivity index (χ1) is 7.68. The summed E-state index contributed by atoms with van der Waals surface area (Å²) in [7, 11) is 0. The van der Waals surface area contributed by atoms with E-state index in [0.717, 1.165) is 25.9 Å². The van der Waals surface area contributed by atoms with Crippen LogP contribution < -0.4 is 0 Å². The van der Waals surface area contributed by atoms with Crippen molar-refractivity contribution in [3.05, 3.63) is 0 Å². The summed E-state index contributed by atoms with van der Waals surface area (Å²) >= 11 is 5.55. The highest BCUT2D eigenvalue weighted by molar-refractivity contribution is 9.09. The second-order valence-corrected chi connectivity index (χ2v) is 7.41. The average Bonchev–Trinajstić information content (AvgIpc) is 2.33. The number of likely N-dealkylation sites (tertiary alicyclic amines) is 1. The minimum Gasteiger partial charge on any atom is -0.341 e. The number of hydrogen-bond donors (Lipinski definition) is 0. The van der Waals surface area contributed by atoms with E-state index in [1.807, 2.05) is 11.8 Å². The zero-order valence-corrected chi connectivity index (χ0v) is 12.2. The lowest BCUT2D eigenvalue weighted by molar-refractivity contribution is -0.131. The molecule has 0 N–H and O–H groups in total. The highest BCUT2D eigenvalue weighted by Gasteiger charge is 2.31. The van der Waals surface area contributed by atoms with E-state index in [-0.39, 0.29) is 5.25 Å². The number of rotatable bonds is 1. The zero-order valence-electron chi connectivity index (χ0n) is 9.82. The van der Waals surface area contributed by atoms with E-state index >= 15 is 0 Å². The monoisotopic (exact) mass is 305 g/mol. The maximum atomic E-state index is 12.3. The molecule has 0 aromatic carbocycles. The molecule has 0 aromatic heterocycles. The van der Waals surface area contributed by atoms with Crippen molar-refractivity contribution < 1.29 is 4.79 Å². The van der Waals surface area contributed by atoms with Crippen LogP contribution in [0.2, 0.25) is 0 Å². The molecular formula is C12H20BrNOS. The highest BCUT2D eigenvalue weighted by atomic mass is 79.9. The summed E-state index contributed by atoms with van der Waals surface area (Å²) in [6, 6.07) is 0. The smallest absolute Gasteiger partial charge is 0.235 e. The molecule has 3 unspecified atom stereocenters. The van der Waals surface area contributed by atoms with Crippen LogP contribution in [0.5, 0.6) is 0 Å². The van der Waals surface area contributed by atoms with E-state index in [1.54, 1.807) is 0 Å². The molecule has 2 heterocycles. The molecule has 16 heavy (non-hydrogen) atoms. The van der Waals surface area contributed by atoms with Crippen molar-refractivity contribution in [2.75, 3.05) is 18.8 Å². The molecule has 92 valence electrons. The van der Waals surface area contributed by atoms with Crippen molar-refractivity contribution >= 4 is 33.6 Å². The molecular weight excluding hydrogens is 286 g/mol. The number of carbonyl (C=O) groups excluding carboxylic acids is 1. The Labute approximate surface area is 111 Å². The second-order valence-electron chi connectivity index (χ2n) is 4.92. The largest absolute Gasteiger partial charge is 0.341 e. The lowest BCUT2D eigenvalue weighted by Gasteiger charge is -2.36. The van der Waals surface area contributed by atoms with Crippen molar-refractivity contribution in [3.8, 4) is 0 Å². The summed E-state index contributed by atoms with van der Waals surface area (Å²) in [6.45, 7) is 4.12. The molecule has 2 aliphatic rings. The van der Waals surface area contributed by atoms with E-state index in [4.69, 9.17) is 0 Å². The van der Waals surface area contributed by atoms with Gasteiger partial charge in [-0.05, 0) is 30.9 Å². The first-order valence-corrected chi connectivity index (χ1v) is 8.19. The van der Waals surface area contributed by atoms with Crippen molar-refractivity contribution in [3.63, 3.8) is 0 Å². The Morgan fingerprint density at radius 2 is 2.19 bits per heavy atom. The van der Waals surface area contributed by atoms with Gasteiger partial charge >= 0.3 is 0 Å². The number of hydrogen-bond acceptors (Lipinski definition) is 2. The number of nitrogens with zero attached hydrogens (tertiary/aromatic N) is 1. The van der Waals surface area contributed by atoms with Gasteiger partial charge in [-0.2, -0.15) is 0 Å². The molecule has 2 nitrogen and oxygen atoms in total. The normalized spacial score (nSPS) is 36.1. The summed E-state index contributed by atoms with van der Waals surface area (Å²) in [5, 5.41) is 0.252. The fourth-order valence-electron chi connectivity index (χ4n) is 2.36. The molecule has 4 heteroatoms. The molecule has 2 aliphatic heterocycles. The van der Waals surface area contributed by atoms with Gasteiger partial charge in [0.05, 0.1) is 5.25 Å². The van der Waals surface area contributed by atoms with Gasteiger partial charge in [-0.3, -0.25) is 4.79 Å². The maximum Gasteiger partial charge on any atom is 0.235 e. The summed E-state index contributed by atoms with van der Waals surface area (Å²) in [5.74, 6) is 2.25.